The summed E-state index contributed by atoms with van der Waals surface area (Å²) in [5.74, 6) is -12.9. The van der Waals surface area contributed by atoms with Gasteiger partial charge in [-0.25, -0.2) is 22.0 Å². The van der Waals surface area contributed by atoms with E-state index in [0.29, 0.717) is 0 Å². The van der Waals surface area contributed by atoms with E-state index in [1.54, 1.807) is 0 Å². The molecule has 0 aliphatic heterocycles. The van der Waals surface area contributed by atoms with Crippen molar-refractivity contribution in [2.75, 3.05) is 0 Å². The van der Waals surface area contributed by atoms with Crippen LogP contribution in [0, 0.1) is 29.2 Å². The number of hydrogen-bond acceptors (Lipinski definition) is 2. The summed E-state index contributed by atoms with van der Waals surface area (Å²) in [5.41, 5.74) is -2.58. The molecule has 1 aromatic rings. The zero-order chi connectivity index (χ0) is 13.8. The highest BCUT2D eigenvalue weighted by molar-refractivity contribution is 6.17. The lowest BCUT2D eigenvalue weighted by Gasteiger charge is -2.23. The van der Waals surface area contributed by atoms with Crippen molar-refractivity contribution in [3.63, 3.8) is 0 Å². The minimum Gasteiger partial charge on any atom is -0.294 e. The molecule has 1 aliphatic carbocycles. The Bertz CT molecular complexity index is 531. The Labute approximate surface area is 97.4 Å². The fourth-order valence-corrected chi connectivity index (χ4v) is 1.82. The van der Waals surface area contributed by atoms with E-state index in [0.717, 1.165) is 6.92 Å². The molecule has 1 aromatic carbocycles. The van der Waals surface area contributed by atoms with Crippen LogP contribution in [0.1, 0.15) is 27.6 Å². The van der Waals surface area contributed by atoms with Gasteiger partial charge in [0, 0.05) is 0 Å². The van der Waals surface area contributed by atoms with Crippen LogP contribution >= 0.6 is 0 Å². The molecule has 0 heterocycles. The van der Waals surface area contributed by atoms with Crippen LogP contribution in [0.5, 0.6) is 0 Å². The molecule has 7 heteroatoms. The van der Waals surface area contributed by atoms with E-state index in [-0.39, 0.29) is 0 Å². The van der Waals surface area contributed by atoms with Gasteiger partial charge in [0.15, 0.2) is 35.2 Å². The zero-order valence-electron chi connectivity index (χ0n) is 8.86. The standard InChI is InChI=1S/C11H5F5O2/c1-2-5(12)11(18)4-3(10(2)17)6(13)8(15)9(16)7(4)14/h2,5H,1H3/t2-,5+/m0/s1. The van der Waals surface area contributed by atoms with Crippen molar-refractivity contribution in [1.82, 2.24) is 0 Å². The SMILES string of the molecule is C[C@@H]1C(=O)c2c(F)c(F)c(F)c(F)c2C(=O)[C@@H]1F. The van der Waals surface area contributed by atoms with E-state index in [4.69, 9.17) is 0 Å². The molecule has 0 radical (unpaired) electrons. The molecular formula is C11H5F5O2. The Morgan fingerprint density at radius 2 is 1.17 bits per heavy atom. The number of fused-ring (bicyclic) bond motifs is 1. The van der Waals surface area contributed by atoms with Crippen LogP contribution in [0.2, 0.25) is 0 Å². The van der Waals surface area contributed by atoms with Crippen LogP contribution in [0.3, 0.4) is 0 Å². The van der Waals surface area contributed by atoms with Gasteiger partial charge in [0.25, 0.3) is 0 Å². The molecule has 2 nitrogen and oxygen atoms in total. The third kappa shape index (κ3) is 1.39. The van der Waals surface area contributed by atoms with E-state index < -0.39 is 58.1 Å². The molecular weight excluding hydrogens is 259 g/mol. The number of carbonyl (C=O) groups is 2. The second-order valence-electron chi connectivity index (χ2n) is 3.92. The summed E-state index contributed by atoms with van der Waals surface area (Å²) in [6, 6.07) is 0. The van der Waals surface area contributed by atoms with Gasteiger partial charge in [-0.15, -0.1) is 0 Å². The number of rotatable bonds is 0. The van der Waals surface area contributed by atoms with E-state index in [2.05, 4.69) is 0 Å². The van der Waals surface area contributed by atoms with Gasteiger partial charge in [-0.1, -0.05) is 6.92 Å². The first kappa shape index (κ1) is 12.7. The summed E-state index contributed by atoms with van der Waals surface area (Å²) < 4.78 is 66.0. The highest BCUT2D eigenvalue weighted by atomic mass is 19.2. The minimum atomic E-state index is -2.40. The molecule has 0 saturated heterocycles. The van der Waals surface area contributed by atoms with Gasteiger partial charge in [0.2, 0.25) is 5.78 Å². The molecule has 0 aromatic heterocycles. The lowest BCUT2D eigenvalue weighted by molar-refractivity contribution is 0.0684. The average molecular weight is 264 g/mol. The molecule has 0 bridgehead atoms. The van der Waals surface area contributed by atoms with Gasteiger partial charge in [-0.05, 0) is 0 Å². The zero-order valence-corrected chi connectivity index (χ0v) is 8.86. The summed E-state index contributed by atoms with van der Waals surface area (Å²) >= 11 is 0. The Kier molecular flexibility index (Phi) is 2.71. The molecule has 96 valence electrons. The maximum absolute atomic E-state index is 13.4. The van der Waals surface area contributed by atoms with Crippen LogP contribution in [-0.2, 0) is 0 Å². The van der Waals surface area contributed by atoms with E-state index in [1.165, 1.54) is 0 Å². The smallest absolute Gasteiger partial charge is 0.201 e. The largest absolute Gasteiger partial charge is 0.294 e. The summed E-state index contributed by atoms with van der Waals surface area (Å²) in [5, 5.41) is 0. The molecule has 0 saturated carbocycles. The van der Waals surface area contributed by atoms with Crippen molar-refractivity contribution in [1.29, 1.82) is 0 Å². The molecule has 0 spiro atoms. The van der Waals surface area contributed by atoms with Crippen molar-refractivity contribution < 1.29 is 31.5 Å². The summed E-state index contributed by atoms with van der Waals surface area (Å²) in [7, 11) is 0. The Balaban J connectivity index is 2.89. The topological polar surface area (TPSA) is 34.1 Å². The van der Waals surface area contributed by atoms with Crippen molar-refractivity contribution in [2.24, 2.45) is 5.92 Å². The molecule has 2 rings (SSSR count). The van der Waals surface area contributed by atoms with E-state index in [1.807, 2.05) is 0 Å². The summed E-state index contributed by atoms with van der Waals surface area (Å²) in [6.07, 6.45) is -2.40. The number of hydrogen-bond donors (Lipinski definition) is 0. The van der Waals surface area contributed by atoms with Gasteiger partial charge < -0.3 is 0 Å². The Morgan fingerprint density at radius 1 is 0.778 bits per heavy atom. The highest BCUT2D eigenvalue weighted by Crippen LogP contribution is 2.33. The average Bonchev–Trinajstić information content (AvgIpc) is 2.35. The quantitative estimate of drug-likeness (QED) is 0.410. The first-order chi connectivity index (χ1) is 8.29. The van der Waals surface area contributed by atoms with Crippen molar-refractivity contribution >= 4 is 11.6 Å². The van der Waals surface area contributed by atoms with E-state index in [9.17, 15) is 31.5 Å². The van der Waals surface area contributed by atoms with Crippen molar-refractivity contribution in [3.05, 3.63) is 34.4 Å². The van der Waals surface area contributed by atoms with Crippen molar-refractivity contribution in [3.8, 4) is 0 Å². The van der Waals surface area contributed by atoms with Crippen molar-refractivity contribution in [2.45, 2.75) is 13.1 Å². The van der Waals surface area contributed by atoms with Crippen LogP contribution in [0.15, 0.2) is 0 Å². The normalized spacial score (nSPS) is 23.2. The number of carbonyl (C=O) groups excluding carboxylic acids is 2. The van der Waals surface area contributed by atoms with Gasteiger partial charge in [0.1, 0.15) is 0 Å². The second kappa shape index (κ2) is 3.86. The third-order valence-electron chi connectivity index (χ3n) is 2.86. The first-order valence-electron chi connectivity index (χ1n) is 4.87. The molecule has 18 heavy (non-hydrogen) atoms. The number of Topliss-reactive ketones (excluding diaryl/α,β-unsaturated/α-hetero) is 2. The van der Waals surface area contributed by atoms with Gasteiger partial charge >= 0.3 is 0 Å². The molecule has 0 N–H and O–H groups in total. The molecule has 0 amide bonds. The molecule has 0 fully saturated rings. The van der Waals surface area contributed by atoms with Crippen LogP contribution in [-0.4, -0.2) is 17.7 Å². The monoisotopic (exact) mass is 264 g/mol. The minimum absolute atomic E-state index is 0.979. The highest BCUT2D eigenvalue weighted by Gasteiger charge is 2.45. The fourth-order valence-electron chi connectivity index (χ4n) is 1.82. The third-order valence-corrected chi connectivity index (χ3v) is 2.86. The van der Waals surface area contributed by atoms with Gasteiger partial charge in [0.05, 0.1) is 17.0 Å². The predicted octanol–water partition coefficient (Wildman–Crippen LogP) is 2.60. The lowest BCUT2D eigenvalue weighted by Crippen LogP contribution is -2.38. The van der Waals surface area contributed by atoms with Gasteiger partial charge in [-0.3, -0.25) is 9.59 Å². The summed E-state index contributed by atoms with van der Waals surface area (Å²) in [6.45, 7) is 0.979. The number of halogens is 5. The lowest BCUT2D eigenvalue weighted by atomic mass is 9.81. The number of ketones is 2. The molecule has 0 unspecified atom stereocenters. The maximum Gasteiger partial charge on any atom is 0.201 e. The number of benzene rings is 1. The van der Waals surface area contributed by atoms with Crippen LogP contribution in [0.4, 0.5) is 22.0 Å². The Morgan fingerprint density at radius 3 is 1.61 bits per heavy atom. The predicted molar refractivity (Wildman–Crippen MR) is 49.0 cm³/mol. The van der Waals surface area contributed by atoms with Crippen LogP contribution < -0.4 is 0 Å². The van der Waals surface area contributed by atoms with E-state index >= 15 is 0 Å². The first-order valence-corrected chi connectivity index (χ1v) is 4.87. The van der Waals surface area contributed by atoms with Gasteiger partial charge in [-0.2, -0.15) is 0 Å². The second-order valence-corrected chi connectivity index (χ2v) is 3.92. The fraction of sp³-hybridized carbons (Fsp3) is 0.273. The van der Waals surface area contributed by atoms with Crippen LogP contribution in [0.25, 0.3) is 0 Å². The maximum atomic E-state index is 13.4. The Hall–Kier alpha value is -1.79. The summed E-state index contributed by atoms with van der Waals surface area (Å²) in [4.78, 5) is 22.9. The molecule has 1 aliphatic rings. The molecule has 2 atom stereocenters. The number of alkyl halides is 1.